The standard InChI is InChI=1S/C15H20N2O3/c1-11(18)17(12-7-8-12)10-9-16-15(19)13-5-3-4-6-14(13)20-2/h3-6,12H,7-10H2,1-2H3,(H,16,19). The third-order valence-electron chi connectivity index (χ3n) is 3.38. The molecule has 0 saturated heterocycles. The van der Waals surface area contributed by atoms with Gasteiger partial charge in [-0.1, -0.05) is 12.1 Å². The van der Waals surface area contributed by atoms with E-state index in [2.05, 4.69) is 5.32 Å². The van der Waals surface area contributed by atoms with E-state index in [1.165, 1.54) is 7.11 Å². The van der Waals surface area contributed by atoms with E-state index >= 15 is 0 Å². The van der Waals surface area contributed by atoms with Crippen LogP contribution in [-0.4, -0.2) is 43.0 Å². The Labute approximate surface area is 118 Å². The molecule has 1 fully saturated rings. The molecule has 0 aromatic heterocycles. The van der Waals surface area contributed by atoms with Gasteiger partial charge in [0, 0.05) is 26.1 Å². The molecule has 2 rings (SSSR count). The molecule has 1 N–H and O–H groups in total. The van der Waals surface area contributed by atoms with Crippen molar-refractivity contribution in [2.45, 2.75) is 25.8 Å². The highest BCUT2D eigenvalue weighted by Gasteiger charge is 2.30. The number of hydrogen-bond acceptors (Lipinski definition) is 3. The summed E-state index contributed by atoms with van der Waals surface area (Å²) in [5.74, 6) is 0.441. The highest BCUT2D eigenvalue weighted by molar-refractivity contribution is 5.96. The maximum Gasteiger partial charge on any atom is 0.255 e. The van der Waals surface area contributed by atoms with Gasteiger partial charge in [0.05, 0.1) is 12.7 Å². The summed E-state index contributed by atoms with van der Waals surface area (Å²) in [4.78, 5) is 25.4. The molecule has 0 radical (unpaired) electrons. The van der Waals surface area contributed by atoms with Gasteiger partial charge in [0.25, 0.3) is 5.91 Å². The van der Waals surface area contributed by atoms with E-state index < -0.39 is 0 Å². The van der Waals surface area contributed by atoms with Crippen molar-refractivity contribution in [3.8, 4) is 5.75 Å². The van der Waals surface area contributed by atoms with Crippen molar-refractivity contribution in [2.24, 2.45) is 0 Å². The predicted molar refractivity (Wildman–Crippen MR) is 75.7 cm³/mol. The number of amides is 2. The largest absolute Gasteiger partial charge is 0.496 e. The van der Waals surface area contributed by atoms with Crippen LogP contribution >= 0.6 is 0 Å². The second kappa shape index (κ2) is 6.41. The monoisotopic (exact) mass is 276 g/mol. The molecule has 20 heavy (non-hydrogen) atoms. The van der Waals surface area contributed by atoms with E-state index in [0.717, 1.165) is 12.8 Å². The Morgan fingerprint density at radius 2 is 2.05 bits per heavy atom. The second-order valence-electron chi connectivity index (χ2n) is 4.90. The summed E-state index contributed by atoms with van der Waals surface area (Å²) in [5.41, 5.74) is 0.510. The number of benzene rings is 1. The molecule has 0 bridgehead atoms. The van der Waals surface area contributed by atoms with Gasteiger partial charge in [-0.25, -0.2) is 0 Å². The van der Waals surface area contributed by atoms with Gasteiger partial charge in [-0.15, -0.1) is 0 Å². The number of nitrogens with one attached hydrogen (secondary N) is 1. The first-order chi connectivity index (χ1) is 9.63. The Balaban J connectivity index is 1.87. The Morgan fingerprint density at radius 3 is 2.65 bits per heavy atom. The van der Waals surface area contributed by atoms with E-state index in [4.69, 9.17) is 4.74 Å². The lowest BCUT2D eigenvalue weighted by Gasteiger charge is -2.20. The zero-order valence-corrected chi connectivity index (χ0v) is 11.9. The molecule has 1 saturated carbocycles. The lowest BCUT2D eigenvalue weighted by molar-refractivity contribution is -0.129. The minimum Gasteiger partial charge on any atom is -0.496 e. The SMILES string of the molecule is COc1ccccc1C(=O)NCCN(C(C)=O)C1CC1. The average Bonchev–Trinajstić information content (AvgIpc) is 3.27. The van der Waals surface area contributed by atoms with Crippen LogP contribution < -0.4 is 10.1 Å². The Hall–Kier alpha value is -2.04. The van der Waals surface area contributed by atoms with E-state index in [1.807, 2.05) is 11.0 Å². The van der Waals surface area contributed by atoms with Gasteiger partial charge in [-0.2, -0.15) is 0 Å². The third kappa shape index (κ3) is 3.50. The van der Waals surface area contributed by atoms with E-state index in [1.54, 1.807) is 25.1 Å². The molecular weight excluding hydrogens is 256 g/mol. The molecule has 0 spiro atoms. The molecule has 5 heteroatoms. The summed E-state index contributed by atoms with van der Waals surface area (Å²) in [6.07, 6.45) is 2.14. The molecule has 1 aromatic rings. The van der Waals surface area contributed by atoms with Crippen LogP contribution in [-0.2, 0) is 4.79 Å². The van der Waals surface area contributed by atoms with Crippen molar-refractivity contribution >= 4 is 11.8 Å². The van der Waals surface area contributed by atoms with Crippen LogP contribution in [0.5, 0.6) is 5.75 Å². The fourth-order valence-corrected chi connectivity index (χ4v) is 2.20. The summed E-state index contributed by atoms with van der Waals surface area (Å²) in [7, 11) is 1.54. The normalized spacial score (nSPS) is 13.7. The van der Waals surface area contributed by atoms with Crippen molar-refractivity contribution in [3.63, 3.8) is 0 Å². The third-order valence-corrected chi connectivity index (χ3v) is 3.38. The molecule has 1 aromatic carbocycles. The van der Waals surface area contributed by atoms with Crippen molar-refractivity contribution in [2.75, 3.05) is 20.2 Å². The number of methoxy groups -OCH3 is 1. The van der Waals surface area contributed by atoms with Gasteiger partial charge in [0.1, 0.15) is 5.75 Å². The Kier molecular flexibility index (Phi) is 4.61. The summed E-state index contributed by atoms with van der Waals surface area (Å²) >= 11 is 0. The molecule has 0 aliphatic heterocycles. The first-order valence-electron chi connectivity index (χ1n) is 6.82. The van der Waals surface area contributed by atoms with Gasteiger partial charge in [0.15, 0.2) is 0 Å². The zero-order valence-electron chi connectivity index (χ0n) is 11.9. The molecule has 1 aliphatic rings. The first kappa shape index (κ1) is 14.4. The maximum absolute atomic E-state index is 12.1. The van der Waals surface area contributed by atoms with E-state index in [9.17, 15) is 9.59 Å². The van der Waals surface area contributed by atoms with Crippen LogP contribution in [0.1, 0.15) is 30.1 Å². The Bertz CT molecular complexity index is 498. The lowest BCUT2D eigenvalue weighted by Crippen LogP contribution is -2.38. The van der Waals surface area contributed by atoms with E-state index in [0.29, 0.717) is 30.4 Å². The number of rotatable bonds is 6. The van der Waals surface area contributed by atoms with Gasteiger partial charge in [0.2, 0.25) is 5.91 Å². The summed E-state index contributed by atoms with van der Waals surface area (Å²) < 4.78 is 5.15. The zero-order chi connectivity index (χ0) is 14.5. The van der Waals surface area contributed by atoms with Crippen molar-refractivity contribution in [1.29, 1.82) is 0 Å². The number of ether oxygens (including phenoxy) is 1. The maximum atomic E-state index is 12.1. The minimum absolute atomic E-state index is 0.0686. The Morgan fingerprint density at radius 1 is 1.35 bits per heavy atom. The van der Waals surface area contributed by atoms with Gasteiger partial charge in [-0.3, -0.25) is 9.59 Å². The second-order valence-corrected chi connectivity index (χ2v) is 4.90. The van der Waals surface area contributed by atoms with Crippen molar-refractivity contribution < 1.29 is 14.3 Å². The fourth-order valence-electron chi connectivity index (χ4n) is 2.20. The lowest BCUT2D eigenvalue weighted by atomic mass is 10.2. The van der Waals surface area contributed by atoms with Crippen molar-refractivity contribution in [1.82, 2.24) is 10.2 Å². The van der Waals surface area contributed by atoms with Crippen LogP contribution in [0.4, 0.5) is 0 Å². The average molecular weight is 276 g/mol. The van der Waals surface area contributed by atoms with E-state index in [-0.39, 0.29) is 11.8 Å². The summed E-state index contributed by atoms with van der Waals surface area (Å²) in [5, 5.41) is 2.83. The van der Waals surface area contributed by atoms with Crippen LogP contribution in [0, 0.1) is 0 Å². The highest BCUT2D eigenvalue weighted by Crippen LogP contribution is 2.26. The van der Waals surface area contributed by atoms with Gasteiger partial charge in [-0.05, 0) is 25.0 Å². The summed E-state index contributed by atoms with van der Waals surface area (Å²) in [6.45, 7) is 2.58. The number of carbonyl (C=O) groups is 2. The quantitative estimate of drug-likeness (QED) is 0.855. The smallest absolute Gasteiger partial charge is 0.255 e. The van der Waals surface area contributed by atoms with Crippen LogP contribution in [0.2, 0.25) is 0 Å². The van der Waals surface area contributed by atoms with Crippen LogP contribution in [0.15, 0.2) is 24.3 Å². The first-order valence-corrected chi connectivity index (χ1v) is 6.82. The predicted octanol–water partition coefficient (Wildman–Crippen LogP) is 1.44. The molecule has 108 valence electrons. The minimum atomic E-state index is -0.179. The molecular formula is C15H20N2O3. The van der Waals surface area contributed by atoms with Crippen molar-refractivity contribution in [3.05, 3.63) is 29.8 Å². The highest BCUT2D eigenvalue weighted by atomic mass is 16.5. The topological polar surface area (TPSA) is 58.6 Å². The molecule has 0 unspecified atom stereocenters. The molecule has 2 amide bonds. The van der Waals surface area contributed by atoms with Gasteiger partial charge >= 0.3 is 0 Å². The van der Waals surface area contributed by atoms with Crippen LogP contribution in [0.3, 0.4) is 0 Å². The molecule has 0 atom stereocenters. The summed E-state index contributed by atoms with van der Waals surface area (Å²) in [6, 6.07) is 7.46. The number of hydrogen-bond donors (Lipinski definition) is 1. The number of carbonyl (C=O) groups excluding carboxylic acids is 2. The fraction of sp³-hybridized carbons (Fsp3) is 0.467. The van der Waals surface area contributed by atoms with Crippen LogP contribution in [0.25, 0.3) is 0 Å². The molecule has 1 aliphatic carbocycles. The number of para-hydroxylation sites is 1. The molecule has 0 heterocycles. The number of nitrogens with zero attached hydrogens (tertiary/aromatic N) is 1. The molecule has 5 nitrogen and oxygen atoms in total. The van der Waals surface area contributed by atoms with Gasteiger partial charge < -0.3 is 15.0 Å².